The summed E-state index contributed by atoms with van der Waals surface area (Å²) in [5.74, 6) is 1.48. The van der Waals surface area contributed by atoms with E-state index in [1.807, 2.05) is 43.3 Å². The Labute approximate surface area is 122 Å². The minimum Gasteiger partial charge on any atom is -0.507 e. The average Bonchev–Trinajstić information content (AvgIpc) is 2.91. The lowest BCUT2D eigenvalue weighted by atomic mass is 10.0. The summed E-state index contributed by atoms with van der Waals surface area (Å²) in [6.07, 6.45) is 0. The van der Waals surface area contributed by atoms with Crippen molar-refractivity contribution in [1.29, 1.82) is 0 Å². The number of aryl methyl sites for hydroxylation is 1. The molecule has 1 atom stereocenters. The van der Waals surface area contributed by atoms with Gasteiger partial charge in [0.15, 0.2) is 5.82 Å². The van der Waals surface area contributed by atoms with E-state index in [1.165, 1.54) is 0 Å². The maximum atomic E-state index is 10.4. The molecule has 21 heavy (non-hydrogen) atoms. The van der Waals surface area contributed by atoms with Crippen LogP contribution in [0.4, 0.5) is 0 Å². The average molecular weight is 283 g/mol. The van der Waals surface area contributed by atoms with Crippen LogP contribution in [0.2, 0.25) is 0 Å². The molecule has 0 spiro atoms. The van der Waals surface area contributed by atoms with Gasteiger partial charge in [0, 0.05) is 23.9 Å². The molecule has 1 aromatic heterocycles. The van der Waals surface area contributed by atoms with Gasteiger partial charge in [0.25, 0.3) is 0 Å². The lowest BCUT2D eigenvalue weighted by molar-refractivity contribution is 0.383. The third-order valence-corrected chi connectivity index (χ3v) is 3.53. The molecule has 2 N–H and O–H groups in total. The van der Waals surface area contributed by atoms with Gasteiger partial charge >= 0.3 is 0 Å². The first kappa shape index (κ1) is 13.6. The second kappa shape index (κ2) is 5.54. The van der Waals surface area contributed by atoms with E-state index < -0.39 is 0 Å². The molecule has 0 aliphatic carbocycles. The normalized spacial score (nSPS) is 12.7. The maximum absolute atomic E-state index is 10.4. The van der Waals surface area contributed by atoms with E-state index in [0.717, 1.165) is 16.3 Å². The summed E-state index contributed by atoms with van der Waals surface area (Å²) in [7, 11) is 0. The first-order chi connectivity index (χ1) is 10.1. The fourth-order valence-electron chi connectivity index (χ4n) is 2.39. The molecular formula is C16H17N3O2. The van der Waals surface area contributed by atoms with Crippen LogP contribution in [0.3, 0.4) is 0 Å². The molecule has 3 aromatic rings. The molecular weight excluding hydrogens is 266 g/mol. The molecule has 0 aliphatic heterocycles. The fraction of sp³-hybridized carbons (Fsp3) is 0.250. The zero-order valence-electron chi connectivity index (χ0n) is 12.0. The smallest absolute Gasteiger partial charge is 0.223 e. The molecule has 0 bridgehead atoms. The molecule has 0 fully saturated rings. The lowest BCUT2D eigenvalue weighted by Gasteiger charge is -2.16. The second-order valence-corrected chi connectivity index (χ2v) is 5.06. The Morgan fingerprint density at radius 1 is 1.24 bits per heavy atom. The van der Waals surface area contributed by atoms with Crippen LogP contribution in [-0.2, 0) is 6.54 Å². The highest BCUT2D eigenvalue weighted by Crippen LogP contribution is 2.32. The molecule has 1 unspecified atom stereocenters. The van der Waals surface area contributed by atoms with Gasteiger partial charge < -0.3 is 14.9 Å². The predicted octanol–water partition coefficient (Wildman–Crippen LogP) is 3.09. The van der Waals surface area contributed by atoms with Gasteiger partial charge in [-0.2, -0.15) is 4.98 Å². The number of phenols is 1. The minimum absolute atomic E-state index is 0.0200. The van der Waals surface area contributed by atoms with Gasteiger partial charge in [0.2, 0.25) is 5.89 Å². The van der Waals surface area contributed by atoms with Crippen LogP contribution in [0.15, 0.2) is 40.9 Å². The van der Waals surface area contributed by atoms with E-state index in [1.54, 1.807) is 6.92 Å². The highest BCUT2D eigenvalue weighted by Gasteiger charge is 2.13. The first-order valence-corrected chi connectivity index (χ1v) is 6.88. The van der Waals surface area contributed by atoms with Gasteiger partial charge in [-0.1, -0.05) is 41.6 Å². The van der Waals surface area contributed by atoms with Crippen molar-refractivity contribution >= 4 is 10.8 Å². The number of rotatable bonds is 4. The van der Waals surface area contributed by atoms with E-state index in [-0.39, 0.29) is 6.04 Å². The van der Waals surface area contributed by atoms with E-state index in [2.05, 4.69) is 15.5 Å². The van der Waals surface area contributed by atoms with Crippen LogP contribution in [0, 0.1) is 6.92 Å². The summed E-state index contributed by atoms with van der Waals surface area (Å²) in [6, 6.07) is 11.7. The quantitative estimate of drug-likeness (QED) is 0.770. The minimum atomic E-state index is -0.0200. The summed E-state index contributed by atoms with van der Waals surface area (Å²) < 4.78 is 4.93. The number of phenolic OH excluding ortho intramolecular Hbond substituents is 1. The van der Waals surface area contributed by atoms with Crippen molar-refractivity contribution in [3.63, 3.8) is 0 Å². The van der Waals surface area contributed by atoms with Gasteiger partial charge in [0.05, 0.1) is 6.54 Å². The Balaban J connectivity index is 1.81. The van der Waals surface area contributed by atoms with E-state index in [4.69, 9.17) is 4.52 Å². The summed E-state index contributed by atoms with van der Waals surface area (Å²) in [4.78, 5) is 4.15. The summed E-state index contributed by atoms with van der Waals surface area (Å²) in [5, 5.41) is 19.5. The van der Waals surface area contributed by atoms with E-state index in [0.29, 0.717) is 24.0 Å². The van der Waals surface area contributed by atoms with Gasteiger partial charge in [-0.3, -0.25) is 0 Å². The largest absolute Gasteiger partial charge is 0.507 e. The van der Waals surface area contributed by atoms with Gasteiger partial charge in [-0.25, -0.2) is 0 Å². The Morgan fingerprint density at radius 2 is 2.05 bits per heavy atom. The molecule has 0 saturated carbocycles. The summed E-state index contributed by atoms with van der Waals surface area (Å²) >= 11 is 0. The standard InChI is InChI=1S/C16H17N3O2/c1-10(17-9-15-18-11(2)21-19-15)13-8-7-12-5-3-4-6-14(12)16(13)20/h3-8,10,17,20H,9H2,1-2H3. The third kappa shape index (κ3) is 2.73. The number of fused-ring (bicyclic) bond motifs is 1. The highest BCUT2D eigenvalue weighted by atomic mass is 16.5. The molecule has 1 heterocycles. The van der Waals surface area contributed by atoms with Crippen molar-refractivity contribution in [2.75, 3.05) is 0 Å². The number of hydrogen-bond donors (Lipinski definition) is 2. The molecule has 0 amide bonds. The zero-order valence-corrected chi connectivity index (χ0v) is 12.0. The van der Waals surface area contributed by atoms with Crippen molar-refractivity contribution in [2.24, 2.45) is 0 Å². The monoisotopic (exact) mass is 283 g/mol. The number of hydrogen-bond acceptors (Lipinski definition) is 5. The van der Waals surface area contributed by atoms with Crippen LogP contribution in [0.25, 0.3) is 10.8 Å². The van der Waals surface area contributed by atoms with Crippen LogP contribution in [0.5, 0.6) is 5.75 Å². The molecule has 108 valence electrons. The Hall–Kier alpha value is -2.40. The van der Waals surface area contributed by atoms with Crippen molar-refractivity contribution in [3.05, 3.63) is 53.7 Å². The molecule has 0 radical (unpaired) electrons. The van der Waals surface area contributed by atoms with Crippen LogP contribution in [0.1, 0.15) is 30.2 Å². The van der Waals surface area contributed by atoms with Crippen LogP contribution in [-0.4, -0.2) is 15.2 Å². The highest BCUT2D eigenvalue weighted by molar-refractivity contribution is 5.89. The molecule has 0 saturated heterocycles. The molecule has 3 rings (SSSR count). The molecule has 2 aromatic carbocycles. The number of benzene rings is 2. The summed E-state index contributed by atoms with van der Waals surface area (Å²) in [5.41, 5.74) is 0.855. The van der Waals surface area contributed by atoms with E-state index >= 15 is 0 Å². The predicted molar refractivity (Wildman–Crippen MR) is 79.9 cm³/mol. The number of nitrogens with one attached hydrogen (secondary N) is 1. The third-order valence-electron chi connectivity index (χ3n) is 3.53. The Bertz CT molecular complexity index is 767. The number of aromatic hydroxyl groups is 1. The topological polar surface area (TPSA) is 71.2 Å². The van der Waals surface area contributed by atoms with Crippen LogP contribution >= 0.6 is 0 Å². The molecule has 0 aliphatic rings. The van der Waals surface area contributed by atoms with Gasteiger partial charge in [0.1, 0.15) is 5.75 Å². The van der Waals surface area contributed by atoms with Crippen molar-refractivity contribution < 1.29 is 9.63 Å². The molecule has 5 heteroatoms. The Morgan fingerprint density at radius 3 is 2.81 bits per heavy atom. The van der Waals surface area contributed by atoms with Crippen molar-refractivity contribution in [3.8, 4) is 5.75 Å². The number of nitrogens with zero attached hydrogens (tertiary/aromatic N) is 2. The van der Waals surface area contributed by atoms with Crippen molar-refractivity contribution in [2.45, 2.75) is 26.4 Å². The van der Waals surface area contributed by atoms with Gasteiger partial charge in [-0.15, -0.1) is 0 Å². The van der Waals surface area contributed by atoms with E-state index in [9.17, 15) is 5.11 Å². The second-order valence-electron chi connectivity index (χ2n) is 5.06. The first-order valence-electron chi connectivity index (χ1n) is 6.88. The molecule has 5 nitrogen and oxygen atoms in total. The fourth-order valence-corrected chi connectivity index (χ4v) is 2.39. The van der Waals surface area contributed by atoms with Crippen molar-refractivity contribution in [1.82, 2.24) is 15.5 Å². The maximum Gasteiger partial charge on any atom is 0.223 e. The summed E-state index contributed by atoms with van der Waals surface area (Å²) in [6.45, 7) is 4.25. The van der Waals surface area contributed by atoms with Gasteiger partial charge in [-0.05, 0) is 12.3 Å². The van der Waals surface area contributed by atoms with Crippen LogP contribution < -0.4 is 5.32 Å². The zero-order chi connectivity index (χ0) is 14.8. The SMILES string of the molecule is Cc1nc(CNC(C)c2ccc3ccccc3c2O)no1. The lowest BCUT2D eigenvalue weighted by Crippen LogP contribution is -2.19. The number of aromatic nitrogens is 2. The Kier molecular flexibility index (Phi) is 3.58.